The second-order valence-corrected chi connectivity index (χ2v) is 8.73. The van der Waals surface area contributed by atoms with E-state index in [9.17, 15) is 9.59 Å². The summed E-state index contributed by atoms with van der Waals surface area (Å²) >= 11 is 0. The molecule has 0 spiro atoms. The first-order valence-corrected chi connectivity index (χ1v) is 9.67. The van der Waals surface area contributed by atoms with Crippen LogP contribution in [0, 0.1) is 24.1 Å². The number of nitrogens with two attached hydrogens (primary N) is 1. The van der Waals surface area contributed by atoms with Crippen LogP contribution >= 0.6 is 0 Å². The van der Waals surface area contributed by atoms with Gasteiger partial charge < -0.3 is 10.6 Å². The van der Waals surface area contributed by atoms with E-state index in [1.54, 1.807) is 4.57 Å². The van der Waals surface area contributed by atoms with Crippen molar-refractivity contribution in [3.05, 3.63) is 38.3 Å². The molecule has 27 heavy (non-hydrogen) atoms. The lowest BCUT2D eigenvalue weighted by molar-refractivity contribution is 0.277. The van der Waals surface area contributed by atoms with E-state index < -0.39 is 17.1 Å². The van der Waals surface area contributed by atoms with Gasteiger partial charge in [-0.1, -0.05) is 13.8 Å². The first kappa shape index (κ1) is 18.2. The number of hydrogen-bond donors (Lipinski definition) is 2. The third-order valence-electron chi connectivity index (χ3n) is 6.28. The van der Waals surface area contributed by atoms with Gasteiger partial charge in [-0.15, -0.1) is 0 Å². The third kappa shape index (κ3) is 2.88. The number of hydrogen-bond acceptors (Lipinski definition) is 4. The van der Waals surface area contributed by atoms with Crippen molar-refractivity contribution in [1.82, 2.24) is 9.55 Å². The number of anilines is 1. The van der Waals surface area contributed by atoms with Crippen LogP contribution in [0.5, 0.6) is 0 Å². The molecule has 7 heteroatoms. The molecule has 6 nitrogen and oxygen atoms in total. The number of H-pyrrole nitrogens is 1. The lowest BCUT2D eigenvalue weighted by Crippen LogP contribution is -2.31. The predicted octanol–water partition coefficient (Wildman–Crippen LogP) is 2.28. The van der Waals surface area contributed by atoms with Crippen molar-refractivity contribution in [2.24, 2.45) is 17.1 Å². The van der Waals surface area contributed by atoms with Crippen molar-refractivity contribution >= 4 is 16.6 Å². The summed E-state index contributed by atoms with van der Waals surface area (Å²) in [6, 6.07) is 1.38. The smallest absolute Gasteiger partial charge is 0.329 e. The average molecular weight is 374 g/mol. The van der Waals surface area contributed by atoms with Gasteiger partial charge in [0, 0.05) is 24.7 Å². The summed E-state index contributed by atoms with van der Waals surface area (Å²) in [6.45, 7) is 8.25. The van der Waals surface area contributed by atoms with Gasteiger partial charge in [-0.3, -0.25) is 14.3 Å². The van der Waals surface area contributed by atoms with Crippen molar-refractivity contribution in [2.75, 3.05) is 24.5 Å². The summed E-state index contributed by atoms with van der Waals surface area (Å²) in [5, 5.41) is 0.247. The summed E-state index contributed by atoms with van der Waals surface area (Å²) in [4.78, 5) is 29.1. The Balaban J connectivity index is 1.91. The van der Waals surface area contributed by atoms with Gasteiger partial charge in [-0.25, -0.2) is 9.18 Å². The largest absolute Gasteiger partial charge is 0.368 e. The van der Waals surface area contributed by atoms with Crippen LogP contribution in [0.1, 0.15) is 44.7 Å². The Bertz CT molecular complexity index is 1020. The monoisotopic (exact) mass is 374 g/mol. The minimum Gasteiger partial charge on any atom is -0.368 e. The van der Waals surface area contributed by atoms with Crippen molar-refractivity contribution in [3.63, 3.8) is 0 Å². The maximum absolute atomic E-state index is 15.1. The summed E-state index contributed by atoms with van der Waals surface area (Å²) in [6.07, 6.45) is 2.70. The van der Waals surface area contributed by atoms with E-state index in [1.165, 1.54) is 6.07 Å². The van der Waals surface area contributed by atoms with Crippen molar-refractivity contribution in [2.45, 2.75) is 46.1 Å². The highest BCUT2D eigenvalue weighted by molar-refractivity contribution is 5.87. The minimum absolute atomic E-state index is 0.0253. The van der Waals surface area contributed by atoms with Gasteiger partial charge in [-0.2, -0.15) is 0 Å². The summed E-state index contributed by atoms with van der Waals surface area (Å²) in [5.74, 6) is -0.0301. The van der Waals surface area contributed by atoms with Crippen LogP contribution in [0.2, 0.25) is 0 Å². The van der Waals surface area contributed by atoms with Gasteiger partial charge in [0.2, 0.25) is 0 Å². The number of benzene rings is 1. The van der Waals surface area contributed by atoms with Gasteiger partial charge in [0.25, 0.3) is 5.56 Å². The molecular formula is C20H27FN4O2. The Morgan fingerprint density at radius 2 is 2.04 bits per heavy atom. The summed E-state index contributed by atoms with van der Waals surface area (Å²) in [5.41, 5.74) is 6.62. The van der Waals surface area contributed by atoms with Gasteiger partial charge in [0.15, 0.2) is 0 Å². The Hall–Kier alpha value is -2.15. The van der Waals surface area contributed by atoms with E-state index in [0.717, 1.165) is 32.4 Å². The van der Waals surface area contributed by atoms with Crippen LogP contribution in [0.15, 0.2) is 15.7 Å². The molecular weight excluding hydrogens is 347 g/mol. The normalized spacial score (nSPS) is 22.0. The maximum atomic E-state index is 15.1. The van der Waals surface area contributed by atoms with E-state index in [2.05, 4.69) is 23.7 Å². The Morgan fingerprint density at radius 1 is 1.33 bits per heavy atom. The zero-order valence-electron chi connectivity index (χ0n) is 16.1. The minimum atomic E-state index is -0.525. The molecule has 2 aliphatic rings. The van der Waals surface area contributed by atoms with E-state index in [4.69, 9.17) is 5.73 Å². The molecule has 1 aromatic carbocycles. The molecule has 0 amide bonds. The SMILES string of the molecule is Cc1c(N2CC(CCN)C(C)(C)C2)c(F)cc2c(=O)[nH]c(=O)n(C3CC3)c12. The van der Waals surface area contributed by atoms with E-state index >= 15 is 4.39 Å². The molecule has 2 aromatic rings. The average Bonchev–Trinajstić information content (AvgIpc) is 3.35. The van der Waals surface area contributed by atoms with Crippen molar-refractivity contribution in [3.8, 4) is 0 Å². The van der Waals surface area contributed by atoms with Crippen LogP contribution in [0.25, 0.3) is 10.9 Å². The number of aryl methyl sites for hydroxylation is 1. The number of aromatic nitrogens is 2. The molecule has 146 valence electrons. The van der Waals surface area contributed by atoms with Crippen LogP contribution in [0.3, 0.4) is 0 Å². The molecule has 1 aromatic heterocycles. The maximum Gasteiger partial charge on any atom is 0.329 e. The molecule has 1 saturated heterocycles. The molecule has 0 bridgehead atoms. The quantitative estimate of drug-likeness (QED) is 0.860. The van der Waals surface area contributed by atoms with Gasteiger partial charge in [-0.05, 0) is 50.1 Å². The standard InChI is InChI=1S/C20H27FN4O2/c1-11-16-14(18(26)23-19(27)25(16)13-4-5-13)8-15(21)17(11)24-9-12(6-7-22)20(2,3)10-24/h8,12-13H,4-7,9-10,22H2,1-3H3,(H,23,26,27). The zero-order valence-corrected chi connectivity index (χ0v) is 16.1. The number of aromatic amines is 1. The lowest BCUT2D eigenvalue weighted by Gasteiger charge is -2.26. The molecule has 1 aliphatic carbocycles. The second-order valence-electron chi connectivity index (χ2n) is 8.73. The van der Waals surface area contributed by atoms with Crippen molar-refractivity contribution in [1.29, 1.82) is 0 Å². The van der Waals surface area contributed by atoms with E-state index in [1.807, 2.05) is 6.92 Å². The zero-order chi connectivity index (χ0) is 19.5. The highest BCUT2D eigenvalue weighted by Gasteiger charge is 2.40. The van der Waals surface area contributed by atoms with Gasteiger partial charge in [0.1, 0.15) is 5.82 Å². The molecule has 3 N–H and O–H groups in total. The Kier molecular flexibility index (Phi) is 4.18. The van der Waals surface area contributed by atoms with E-state index in [0.29, 0.717) is 29.2 Å². The van der Waals surface area contributed by atoms with Gasteiger partial charge in [0.05, 0.1) is 16.6 Å². The van der Waals surface area contributed by atoms with Crippen LogP contribution in [-0.2, 0) is 0 Å². The molecule has 4 rings (SSSR count). The number of halogens is 1. The third-order valence-corrected chi connectivity index (χ3v) is 6.28. The van der Waals surface area contributed by atoms with Crippen molar-refractivity contribution < 1.29 is 4.39 Å². The first-order valence-electron chi connectivity index (χ1n) is 9.67. The van der Waals surface area contributed by atoms with Crippen LogP contribution < -0.4 is 21.9 Å². The lowest BCUT2D eigenvalue weighted by atomic mass is 9.80. The predicted molar refractivity (Wildman–Crippen MR) is 105 cm³/mol. The van der Waals surface area contributed by atoms with Crippen LogP contribution in [-0.4, -0.2) is 29.2 Å². The summed E-state index contributed by atoms with van der Waals surface area (Å²) < 4.78 is 16.8. The fourth-order valence-corrected chi connectivity index (χ4v) is 4.69. The molecule has 2 heterocycles. The number of rotatable bonds is 4. The topological polar surface area (TPSA) is 84.1 Å². The molecule has 2 fully saturated rings. The molecule has 0 radical (unpaired) electrons. The fourth-order valence-electron chi connectivity index (χ4n) is 4.69. The Morgan fingerprint density at radius 3 is 2.67 bits per heavy atom. The first-order chi connectivity index (χ1) is 12.7. The molecule has 1 aliphatic heterocycles. The molecule has 1 saturated carbocycles. The molecule has 1 unspecified atom stereocenters. The number of nitrogens with zero attached hydrogens (tertiary/aromatic N) is 2. The highest BCUT2D eigenvalue weighted by atomic mass is 19.1. The van der Waals surface area contributed by atoms with Gasteiger partial charge >= 0.3 is 5.69 Å². The Labute approximate surface area is 157 Å². The van der Waals surface area contributed by atoms with Crippen LogP contribution in [0.4, 0.5) is 10.1 Å². The summed E-state index contributed by atoms with van der Waals surface area (Å²) in [7, 11) is 0. The number of nitrogens with one attached hydrogen (secondary N) is 1. The molecule has 1 atom stereocenters. The number of fused-ring (bicyclic) bond motifs is 1. The fraction of sp³-hybridized carbons (Fsp3) is 0.600. The highest BCUT2D eigenvalue weighted by Crippen LogP contribution is 2.43. The van der Waals surface area contributed by atoms with E-state index in [-0.39, 0.29) is 16.8 Å². The second kappa shape index (κ2) is 6.19.